The van der Waals surface area contributed by atoms with Crippen LogP contribution in [0.15, 0.2) is 18.2 Å². The summed E-state index contributed by atoms with van der Waals surface area (Å²) in [5.41, 5.74) is 8.35. The Labute approximate surface area is 118 Å². The molecule has 19 heavy (non-hydrogen) atoms. The summed E-state index contributed by atoms with van der Waals surface area (Å²) in [5, 5.41) is 2.91. The number of carbonyl (C=O) groups excluding carboxylic acids is 1. The SMILES string of the molecule is Cc1ccc(NC(=O)CN2CCSCC2C)cc1N. The largest absolute Gasteiger partial charge is 0.398 e. The van der Waals surface area contributed by atoms with Gasteiger partial charge in [-0.3, -0.25) is 9.69 Å². The molecule has 1 atom stereocenters. The standard InChI is InChI=1S/C14H21N3OS/c1-10-3-4-12(7-13(10)15)16-14(18)8-17-5-6-19-9-11(17)2/h3-4,7,11H,5-6,8-9,15H2,1-2H3,(H,16,18). The zero-order valence-electron chi connectivity index (χ0n) is 11.5. The third kappa shape index (κ3) is 3.88. The van der Waals surface area contributed by atoms with Gasteiger partial charge in [0.15, 0.2) is 0 Å². The third-order valence-electron chi connectivity index (χ3n) is 3.41. The predicted octanol–water partition coefficient (Wildman–Crippen LogP) is 1.95. The Kier molecular flexibility index (Phi) is 4.71. The number of nitrogens with two attached hydrogens (primary N) is 1. The van der Waals surface area contributed by atoms with Gasteiger partial charge in [0.05, 0.1) is 6.54 Å². The van der Waals surface area contributed by atoms with E-state index in [0.717, 1.165) is 29.3 Å². The third-order valence-corrected chi connectivity index (χ3v) is 4.60. The summed E-state index contributed by atoms with van der Waals surface area (Å²) in [6.45, 7) is 5.56. The zero-order chi connectivity index (χ0) is 13.8. The van der Waals surface area contributed by atoms with Crippen molar-refractivity contribution in [3.8, 4) is 0 Å². The molecule has 0 spiro atoms. The molecular formula is C14H21N3OS. The van der Waals surface area contributed by atoms with Crippen LogP contribution in [-0.2, 0) is 4.79 Å². The highest BCUT2D eigenvalue weighted by Gasteiger charge is 2.20. The number of carbonyl (C=O) groups is 1. The molecule has 1 aromatic carbocycles. The highest BCUT2D eigenvalue weighted by atomic mass is 32.2. The first-order valence-electron chi connectivity index (χ1n) is 6.54. The van der Waals surface area contributed by atoms with E-state index in [-0.39, 0.29) is 5.91 Å². The molecule has 1 unspecified atom stereocenters. The topological polar surface area (TPSA) is 58.4 Å². The van der Waals surface area contributed by atoms with Crippen molar-refractivity contribution in [1.29, 1.82) is 0 Å². The summed E-state index contributed by atoms with van der Waals surface area (Å²) in [7, 11) is 0. The number of rotatable bonds is 3. The van der Waals surface area contributed by atoms with E-state index in [1.807, 2.05) is 36.9 Å². The first kappa shape index (κ1) is 14.2. The van der Waals surface area contributed by atoms with Crippen LogP contribution in [0.4, 0.5) is 11.4 Å². The number of hydrogen-bond donors (Lipinski definition) is 2. The highest BCUT2D eigenvalue weighted by molar-refractivity contribution is 7.99. The molecule has 2 rings (SSSR count). The van der Waals surface area contributed by atoms with E-state index in [1.165, 1.54) is 0 Å². The van der Waals surface area contributed by atoms with Crippen molar-refractivity contribution >= 4 is 29.0 Å². The van der Waals surface area contributed by atoms with Gasteiger partial charge in [0.2, 0.25) is 5.91 Å². The van der Waals surface area contributed by atoms with Crippen LogP contribution in [-0.4, -0.2) is 41.4 Å². The smallest absolute Gasteiger partial charge is 0.238 e. The average Bonchev–Trinajstić information content (AvgIpc) is 2.37. The second kappa shape index (κ2) is 6.30. The van der Waals surface area contributed by atoms with Crippen LogP contribution in [0, 0.1) is 6.92 Å². The van der Waals surface area contributed by atoms with E-state index < -0.39 is 0 Å². The van der Waals surface area contributed by atoms with Gasteiger partial charge in [-0.1, -0.05) is 6.07 Å². The van der Waals surface area contributed by atoms with Crippen LogP contribution in [0.1, 0.15) is 12.5 Å². The number of aryl methyl sites for hydroxylation is 1. The van der Waals surface area contributed by atoms with Gasteiger partial charge in [-0.15, -0.1) is 0 Å². The molecule has 1 aliphatic rings. The number of thioether (sulfide) groups is 1. The van der Waals surface area contributed by atoms with Crippen molar-refractivity contribution in [1.82, 2.24) is 4.90 Å². The molecule has 5 heteroatoms. The lowest BCUT2D eigenvalue weighted by Gasteiger charge is -2.32. The molecule has 0 radical (unpaired) electrons. The van der Waals surface area contributed by atoms with Crippen molar-refractivity contribution < 1.29 is 4.79 Å². The summed E-state index contributed by atoms with van der Waals surface area (Å²) in [4.78, 5) is 14.2. The summed E-state index contributed by atoms with van der Waals surface area (Å²) in [6.07, 6.45) is 0. The fourth-order valence-corrected chi connectivity index (χ4v) is 3.18. The number of nitrogens with one attached hydrogen (secondary N) is 1. The molecule has 1 aromatic rings. The summed E-state index contributed by atoms with van der Waals surface area (Å²) >= 11 is 1.95. The first-order chi connectivity index (χ1) is 9.06. The second-order valence-electron chi connectivity index (χ2n) is 5.01. The molecule has 104 valence electrons. The quantitative estimate of drug-likeness (QED) is 0.830. The monoisotopic (exact) mass is 279 g/mol. The maximum atomic E-state index is 12.0. The van der Waals surface area contributed by atoms with Gasteiger partial charge in [-0.05, 0) is 31.5 Å². The Bertz CT molecular complexity index is 464. The van der Waals surface area contributed by atoms with Crippen molar-refractivity contribution in [3.63, 3.8) is 0 Å². The minimum atomic E-state index is 0.0296. The van der Waals surface area contributed by atoms with Gasteiger partial charge in [0.1, 0.15) is 0 Å². The molecule has 1 saturated heterocycles. The van der Waals surface area contributed by atoms with Crippen LogP contribution in [0.3, 0.4) is 0 Å². The van der Waals surface area contributed by atoms with Gasteiger partial charge in [0.25, 0.3) is 0 Å². The normalized spacial score (nSPS) is 20.2. The molecule has 0 saturated carbocycles. The van der Waals surface area contributed by atoms with E-state index in [2.05, 4.69) is 17.1 Å². The van der Waals surface area contributed by atoms with E-state index in [4.69, 9.17) is 5.73 Å². The zero-order valence-corrected chi connectivity index (χ0v) is 12.3. The molecule has 3 N–H and O–H groups in total. The lowest BCUT2D eigenvalue weighted by atomic mass is 10.2. The maximum absolute atomic E-state index is 12.0. The second-order valence-corrected chi connectivity index (χ2v) is 6.16. The van der Waals surface area contributed by atoms with Crippen molar-refractivity contribution in [2.45, 2.75) is 19.9 Å². The van der Waals surface area contributed by atoms with Gasteiger partial charge in [-0.25, -0.2) is 0 Å². The van der Waals surface area contributed by atoms with E-state index in [0.29, 0.717) is 18.3 Å². The van der Waals surface area contributed by atoms with E-state index in [1.54, 1.807) is 0 Å². The minimum Gasteiger partial charge on any atom is -0.398 e. The highest BCUT2D eigenvalue weighted by Crippen LogP contribution is 2.18. The number of hydrogen-bond acceptors (Lipinski definition) is 4. The molecule has 0 aromatic heterocycles. The summed E-state index contributed by atoms with van der Waals surface area (Å²) < 4.78 is 0. The Hall–Kier alpha value is -1.20. The summed E-state index contributed by atoms with van der Waals surface area (Å²) in [6, 6.07) is 6.08. The maximum Gasteiger partial charge on any atom is 0.238 e. The van der Waals surface area contributed by atoms with Crippen LogP contribution in [0.25, 0.3) is 0 Å². The van der Waals surface area contributed by atoms with Gasteiger partial charge in [0, 0.05) is 35.5 Å². The molecule has 0 bridgehead atoms. The molecular weight excluding hydrogens is 258 g/mol. The number of nitrogen functional groups attached to an aromatic ring is 1. The lowest BCUT2D eigenvalue weighted by molar-refractivity contribution is -0.117. The summed E-state index contributed by atoms with van der Waals surface area (Å²) in [5.74, 6) is 2.24. The molecule has 1 aliphatic heterocycles. The molecule has 1 amide bonds. The van der Waals surface area contributed by atoms with Crippen LogP contribution >= 0.6 is 11.8 Å². The lowest BCUT2D eigenvalue weighted by Crippen LogP contribution is -2.44. The van der Waals surface area contributed by atoms with Gasteiger partial charge >= 0.3 is 0 Å². The van der Waals surface area contributed by atoms with Crippen LogP contribution < -0.4 is 11.1 Å². The van der Waals surface area contributed by atoms with Crippen LogP contribution in [0.2, 0.25) is 0 Å². The number of anilines is 2. The predicted molar refractivity (Wildman–Crippen MR) is 82.6 cm³/mol. The van der Waals surface area contributed by atoms with E-state index in [9.17, 15) is 4.79 Å². The van der Waals surface area contributed by atoms with Gasteiger partial charge in [-0.2, -0.15) is 11.8 Å². The van der Waals surface area contributed by atoms with Crippen molar-refractivity contribution in [2.75, 3.05) is 35.6 Å². The van der Waals surface area contributed by atoms with Gasteiger partial charge < -0.3 is 11.1 Å². The molecule has 4 nitrogen and oxygen atoms in total. The molecule has 0 aliphatic carbocycles. The van der Waals surface area contributed by atoms with Crippen LogP contribution in [0.5, 0.6) is 0 Å². The Morgan fingerprint density at radius 3 is 3.05 bits per heavy atom. The molecule has 1 fully saturated rings. The number of benzene rings is 1. The number of nitrogens with zero attached hydrogens (tertiary/aromatic N) is 1. The Morgan fingerprint density at radius 2 is 2.37 bits per heavy atom. The minimum absolute atomic E-state index is 0.0296. The Balaban J connectivity index is 1.91. The van der Waals surface area contributed by atoms with E-state index >= 15 is 0 Å². The first-order valence-corrected chi connectivity index (χ1v) is 7.69. The van der Waals surface area contributed by atoms with Crippen molar-refractivity contribution in [2.24, 2.45) is 0 Å². The Morgan fingerprint density at radius 1 is 1.58 bits per heavy atom. The fraction of sp³-hybridized carbons (Fsp3) is 0.500. The average molecular weight is 279 g/mol. The fourth-order valence-electron chi connectivity index (χ4n) is 2.10. The van der Waals surface area contributed by atoms with Crippen molar-refractivity contribution in [3.05, 3.63) is 23.8 Å². The molecule has 1 heterocycles. The number of amides is 1.